The van der Waals surface area contributed by atoms with Gasteiger partial charge in [-0.2, -0.15) is 0 Å². The van der Waals surface area contributed by atoms with E-state index in [0.29, 0.717) is 25.2 Å². The minimum atomic E-state index is 0.106. The van der Waals surface area contributed by atoms with Crippen LogP contribution in [-0.2, 0) is 0 Å². The van der Waals surface area contributed by atoms with Gasteiger partial charge in [-0.05, 0) is 25.7 Å². The maximum Gasteiger partial charge on any atom is 0.317 e. The summed E-state index contributed by atoms with van der Waals surface area (Å²) >= 11 is 0. The zero-order valence-electron chi connectivity index (χ0n) is 9.24. The van der Waals surface area contributed by atoms with Crippen LogP contribution in [0, 0.1) is 0 Å². The first-order valence-electron chi connectivity index (χ1n) is 6.08. The molecule has 4 nitrogen and oxygen atoms in total. The topological polar surface area (TPSA) is 58.4 Å². The Balaban J connectivity index is 1.80. The van der Waals surface area contributed by atoms with E-state index in [0.717, 1.165) is 25.7 Å². The summed E-state index contributed by atoms with van der Waals surface area (Å²) in [6.45, 7) is 1.26. The van der Waals surface area contributed by atoms with E-state index >= 15 is 0 Å². The SMILES string of the molecule is NCCN(C(=O)NC1CCCC1)C1CC1. The van der Waals surface area contributed by atoms with Gasteiger partial charge in [0.25, 0.3) is 0 Å². The summed E-state index contributed by atoms with van der Waals surface area (Å²) in [5.41, 5.74) is 5.52. The summed E-state index contributed by atoms with van der Waals surface area (Å²) in [5.74, 6) is 0. The van der Waals surface area contributed by atoms with E-state index in [9.17, 15) is 4.79 Å². The quantitative estimate of drug-likeness (QED) is 0.730. The summed E-state index contributed by atoms with van der Waals surface area (Å²) in [6, 6.07) is 0.987. The summed E-state index contributed by atoms with van der Waals surface area (Å²) in [5, 5.41) is 3.12. The normalized spacial score (nSPS) is 21.7. The molecule has 0 aromatic heterocycles. The zero-order valence-corrected chi connectivity index (χ0v) is 9.24. The van der Waals surface area contributed by atoms with Crippen molar-refractivity contribution < 1.29 is 4.79 Å². The number of rotatable bonds is 4. The minimum absolute atomic E-state index is 0.106. The molecule has 3 N–H and O–H groups in total. The van der Waals surface area contributed by atoms with Crippen molar-refractivity contribution in [2.24, 2.45) is 5.73 Å². The Morgan fingerprint density at radius 2 is 1.93 bits per heavy atom. The number of carbonyl (C=O) groups is 1. The van der Waals surface area contributed by atoms with Crippen LogP contribution in [-0.4, -0.2) is 36.1 Å². The van der Waals surface area contributed by atoms with E-state index in [2.05, 4.69) is 5.32 Å². The molecule has 0 spiro atoms. The molecule has 4 heteroatoms. The zero-order chi connectivity index (χ0) is 10.7. The first-order valence-corrected chi connectivity index (χ1v) is 6.08. The van der Waals surface area contributed by atoms with Crippen LogP contribution >= 0.6 is 0 Å². The van der Waals surface area contributed by atoms with Crippen LogP contribution in [0.4, 0.5) is 4.79 Å². The molecular formula is C11H21N3O. The molecule has 0 unspecified atom stereocenters. The van der Waals surface area contributed by atoms with Gasteiger partial charge >= 0.3 is 6.03 Å². The summed E-state index contributed by atoms with van der Waals surface area (Å²) in [7, 11) is 0. The third-order valence-electron chi connectivity index (χ3n) is 3.30. The monoisotopic (exact) mass is 211 g/mol. The smallest absolute Gasteiger partial charge is 0.317 e. The lowest BCUT2D eigenvalue weighted by atomic mass is 10.2. The van der Waals surface area contributed by atoms with Crippen molar-refractivity contribution in [3.8, 4) is 0 Å². The molecule has 2 aliphatic carbocycles. The highest BCUT2D eigenvalue weighted by Crippen LogP contribution is 2.27. The van der Waals surface area contributed by atoms with Crippen molar-refractivity contribution in [3.05, 3.63) is 0 Å². The van der Waals surface area contributed by atoms with Crippen LogP contribution in [0.1, 0.15) is 38.5 Å². The molecule has 0 saturated heterocycles. The van der Waals surface area contributed by atoms with Crippen molar-refractivity contribution in [1.82, 2.24) is 10.2 Å². The number of carbonyl (C=O) groups excluding carboxylic acids is 1. The van der Waals surface area contributed by atoms with E-state index < -0.39 is 0 Å². The fourth-order valence-corrected chi connectivity index (χ4v) is 2.30. The molecule has 0 aromatic rings. The Kier molecular flexibility index (Phi) is 3.46. The number of urea groups is 1. The van der Waals surface area contributed by atoms with Crippen LogP contribution < -0.4 is 11.1 Å². The maximum atomic E-state index is 11.9. The van der Waals surface area contributed by atoms with Gasteiger partial charge in [-0.3, -0.25) is 0 Å². The molecule has 2 amide bonds. The van der Waals surface area contributed by atoms with Crippen LogP contribution in [0.15, 0.2) is 0 Å². The first-order chi connectivity index (χ1) is 7.31. The molecular weight excluding hydrogens is 190 g/mol. The average Bonchev–Trinajstić information content (AvgIpc) is 2.93. The van der Waals surface area contributed by atoms with Crippen LogP contribution in [0.3, 0.4) is 0 Å². The fraction of sp³-hybridized carbons (Fsp3) is 0.909. The third kappa shape index (κ3) is 2.84. The van der Waals surface area contributed by atoms with E-state index in [1.807, 2.05) is 4.90 Å². The van der Waals surface area contributed by atoms with Crippen molar-refractivity contribution >= 4 is 6.03 Å². The van der Waals surface area contributed by atoms with Crippen molar-refractivity contribution in [1.29, 1.82) is 0 Å². The average molecular weight is 211 g/mol. The van der Waals surface area contributed by atoms with E-state index in [4.69, 9.17) is 5.73 Å². The standard InChI is InChI=1S/C11H21N3O/c12-7-8-14(10-5-6-10)11(15)13-9-3-1-2-4-9/h9-10H,1-8,12H2,(H,13,15). The highest BCUT2D eigenvalue weighted by atomic mass is 16.2. The molecule has 86 valence electrons. The molecule has 2 rings (SSSR count). The molecule has 0 aliphatic heterocycles. The van der Waals surface area contributed by atoms with E-state index in [1.54, 1.807) is 0 Å². The number of hydrogen-bond donors (Lipinski definition) is 2. The van der Waals surface area contributed by atoms with E-state index in [1.165, 1.54) is 12.8 Å². The Hall–Kier alpha value is -0.770. The second-order valence-electron chi connectivity index (χ2n) is 4.64. The van der Waals surface area contributed by atoms with Crippen LogP contribution in [0.5, 0.6) is 0 Å². The molecule has 0 aromatic carbocycles. The van der Waals surface area contributed by atoms with Gasteiger partial charge in [0.15, 0.2) is 0 Å². The van der Waals surface area contributed by atoms with Gasteiger partial charge in [0.05, 0.1) is 0 Å². The minimum Gasteiger partial charge on any atom is -0.335 e. The Morgan fingerprint density at radius 1 is 1.27 bits per heavy atom. The summed E-state index contributed by atoms with van der Waals surface area (Å²) < 4.78 is 0. The van der Waals surface area contributed by atoms with Crippen molar-refractivity contribution in [2.75, 3.05) is 13.1 Å². The first kappa shape index (κ1) is 10.7. The van der Waals surface area contributed by atoms with Gasteiger partial charge < -0.3 is 16.0 Å². The van der Waals surface area contributed by atoms with Gasteiger partial charge in [0.1, 0.15) is 0 Å². The van der Waals surface area contributed by atoms with Crippen LogP contribution in [0.25, 0.3) is 0 Å². The van der Waals surface area contributed by atoms with Gasteiger partial charge in [-0.15, -0.1) is 0 Å². The largest absolute Gasteiger partial charge is 0.335 e. The summed E-state index contributed by atoms with van der Waals surface area (Å²) in [6.07, 6.45) is 7.10. The van der Waals surface area contributed by atoms with E-state index in [-0.39, 0.29) is 6.03 Å². The molecule has 0 radical (unpaired) electrons. The maximum absolute atomic E-state index is 11.9. The number of amides is 2. The molecule has 0 heterocycles. The lowest BCUT2D eigenvalue weighted by Gasteiger charge is -2.24. The Morgan fingerprint density at radius 3 is 2.47 bits per heavy atom. The second kappa shape index (κ2) is 4.84. The van der Waals surface area contributed by atoms with Gasteiger partial charge in [0, 0.05) is 25.2 Å². The number of nitrogens with zero attached hydrogens (tertiary/aromatic N) is 1. The Labute approximate surface area is 91.2 Å². The predicted molar refractivity (Wildman–Crippen MR) is 59.6 cm³/mol. The second-order valence-corrected chi connectivity index (χ2v) is 4.64. The highest BCUT2D eigenvalue weighted by Gasteiger charge is 2.32. The van der Waals surface area contributed by atoms with Crippen molar-refractivity contribution in [2.45, 2.75) is 50.6 Å². The summed E-state index contributed by atoms with van der Waals surface area (Å²) in [4.78, 5) is 13.8. The molecule has 0 atom stereocenters. The van der Waals surface area contributed by atoms with Gasteiger partial charge in [0.2, 0.25) is 0 Å². The van der Waals surface area contributed by atoms with Gasteiger partial charge in [-0.1, -0.05) is 12.8 Å². The predicted octanol–water partition coefficient (Wildman–Crippen LogP) is 1.06. The molecule has 2 fully saturated rings. The third-order valence-corrected chi connectivity index (χ3v) is 3.30. The fourth-order valence-electron chi connectivity index (χ4n) is 2.30. The van der Waals surface area contributed by atoms with Crippen LogP contribution in [0.2, 0.25) is 0 Å². The van der Waals surface area contributed by atoms with Crippen molar-refractivity contribution in [3.63, 3.8) is 0 Å². The molecule has 0 bridgehead atoms. The lowest BCUT2D eigenvalue weighted by molar-refractivity contribution is 0.192. The lowest BCUT2D eigenvalue weighted by Crippen LogP contribution is -2.46. The molecule has 2 saturated carbocycles. The van der Waals surface area contributed by atoms with Gasteiger partial charge in [-0.25, -0.2) is 4.79 Å². The highest BCUT2D eigenvalue weighted by molar-refractivity contribution is 5.75. The number of nitrogens with one attached hydrogen (secondary N) is 1. The number of nitrogens with two attached hydrogens (primary N) is 1. The Bertz CT molecular complexity index is 222. The number of hydrogen-bond acceptors (Lipinski definition) is 2. The molecule has 15 heavy (non-hydrogen) atoms. The molecule has 2 aliphatic rings.